The van der Waals surface area contributed by atoms with Crippen LogP contribution in [0.4, 0.5) is 0 Å². The number of hydrogen-bond donors (Lipinski definition) is 1. The molecule has 3 heteroatoms. The second-order valence-electron chi connectivity index (χ2n) is 3.14. The molecular formula is C8H17N3. The molecule has 0 saturated carbocycles. The van der Waals surface area contributed by atoms with Crippen LogP contribution in [-0.2, 0) is 0 Å². The molecule has 1 N–H and O–H groups in total. The van der Waals surface area contributed by atoms with Gasteiger partial charge in [-0.2, -0.15) is 0 Å². The van der Waals surface area contributed by atoms with Crippen LogP contribution in [0.15, 0.2) is 0 Å². The minimum absolute atomic E-state index is 0.906. The summed E-state index contributed by atoms with van der Waals surface area (Å²) in [5.41, 5.74) is 0. The predicted molar refractivity (Wildman–Crippen MR) is 47.3 cm³/mol. The highest BCUT2D eigenvalue weighted by atomic mass is 15.2. The molecule has 0 aliphatic carbocycles. The highest BCUT2D eigenvalue weighted by Gasteiger charge is 2.11. The standard InChI is InChI=1S/C8H17N3/c1-10-5-7-11(8-6-10)4-2-3-9/h3,9H,2,4-8H2,1H3. The Morgan fingerprint density at radius 2 is 1.91 bits per heavy atom. The summed E-state index contributed by atoms with van der Waals surface area (Å²) in [4.78, 5) is 4.77. The Balaban J connectivity index is 2.12. The first kappa shape index (κ1) is 8.68. The largest absolute Gasteiger partial charge is 0.313 e. The van der Waals surface area contributed by atoms with Gasteiger partial charge >= 0.3 is 0 Å². The van der Waals surface area contributed by atoms with Gasteiger partial charge in [0, 0.05) is 32.7 Å². The number of piperazine rings is 1. The third kappa shape index (κ3) is 2.99. The zero-order chi connectivity index (χ0) is 8.10. The summed E-state index contributed by atoms with van der Waals surface area (Å²) in [5.74, 6) is 0. The summed E-state index contributed by atoms with van der Waals surface area (Å²) in [5, 5.41) is 6.90. The summed E-state index contributed by atoms with van der Waals surface area (Å²) in [6.07, 6.45) is 2.40. The fraction of sp³-hybridized carbons (Fsp3) is 0.875. The lowest BCUT2D eigenvalue weighted by Gasteiger charge is -2.31. The van der Waals surface area contributed by atoms with Crippen molar-refractivity contribution in [1.29, 1.82) is 5.41 Å². The molecule has 0 radical (unpaired) electrons. The van der Waals surface area contributed by atoms with Crippen LogP contribution in [0.2, 0.25) is 0 Å². The lowest BCUT2D eigenvalue weighted by Crippen LogP contribution is -2.44. The normalized spacial score (nSPS) is 21.9. The van der Waals surface area contributed by atoms with E-state index in [1.807, 2.05) is 0 Å². The van der Waals surface area contributed by atoms with Gasteiger partial charge in [-0.1, -0.05) is 0 Å². The number of nitrogens with one attached hydrogen (secondary N) is 1. The van der Waals surface area contributed by atoms with Crippen molar-refractivity contribution in [1.82, 2.24) is 9.80 Å². The average molecular weight is 155 g/mol. The molecule has 1 aliphatic heterocycles. The van der Waals surface area contributed by atoms with E-state index in [9.17, 15) is 0 Å². The van der Waals surface area contributed by atoms with Crippen LogP contribution in [0.1, 0.15) is 6.42 Å². The molecule has 0 aromatic rings. The summed E-state index contributed by atoms with van der Waals surface area (Å²) < 4.78 is 0. The van der Waals surface area contributed by atoms with Gasteiger partial charge in [0.25, 0.3) is 0 Å². The third-order valence-electron chi connectivity index (χ3n) is 2.19. The van der Waals surface area contributed by atoms with Crippen molar-refractivity contribution in [2.45, 2.75) is 6.42 Å². The van der Waals surface area contributed by atoms with Gasteiger partial charge in [-0.3, -0.25) is 0 Å². The highest BCUT2D eigenvalue weighted by molar-refractivity contribution is 5.52. The topological polar surface area (TPSA) is 30.3 Å². The van der Waals surface area contributed by atoms with E-state index in [-0.39, 0.29) is 0 Å². The molecular weight excluding hydrogens is 138 g/mol. The minimum Gasteiger partial charge on any atom is -0.313 e. The number of nitrogens with zero attached hydrogens (tertiary/aromatic N) is 2. The van der Waals surface area contributed by atoms with Crippen LogP contribution in [0.5, 0.6) is 0 Å². The molecule has 1 aliphatic rings. The van der Waals surface area contributed by atoms with E-state index in [1.165, 1.54) is 32.4 Å². The van der Waals surface area contributed by atoms with Crippen LogP contribution in [0.3, 0.4) is 0 Å². The molecule has 1 fully saturated rings. The molecule has 1 rings (SSSR count). The van der Waals surface area contributed by atoms with Crippen LogP contribution in [0.25, 0.3) is 0 Å². The summed E-state index contributed by atoms with van der Waals surface area (Å²) >= 11 is 0. The zero-order valence-corrected chi connectivity index (χ0v) is 7.21. The lowest BCUT2D eigenvalue weighted by atomic mass is 10.3. The Morgan fingerprint density at radius 1 is 1.27 bits per heavy atom. The van der Waals surface area contributed by atoms with Crippen LogP contribution < -0.4 is 0 Å². The summed E-state index contributed by atoms with van der Waals surface area (Å²) in [7, 11) is 2.16. The van der Waals surface area contributed by atoms with Crippen LogP contribution >= 0.6 is 0 Å². The van der Waals surface area contributed by atoms with Gasteiger partial charge < -0.3 is 15.2 Å². The molecule has 0 amide bonds. The molecule has 1 saturated heterocycles. The van der Waals surface area contributed by atoms with Gasteiger partial charge in [0.1, 0.15) is 0 Å². The molecule has 0 aromatic carbocycles. The monoisotopic (exact) mass is 155 g/mol. The maximum absolute atomic E-state index is 6.90. The van der Waals surface area contributed by atoms with Crippen molar-refractivity contribution >= 4 is 6.21 Å². The Labute approximate surface area is 68.5 Å². The second kappa shape index (κ2) is 4.46. The first-order valence-corrected chi connectivity index (χ1v) is 4.23. The fourth-order valence-electron chi connectivity index (χ4n) is 1.32. The Morgan fingerprint density at radius 3 is 2.45 bits per heavy atom. The van der Waals surface area contributed by atoms with E-state index in [2.05, 4.69) is 16.8 Å². The molecule has 0 bridgehead atoms. The Bertz CT molecular complexity index is 117. The maximum Gasteiger partial charge on any atom is 0.0110 e. The van der Waals surface area contributed by atoms with Gasteiger partial charge in [-0.05, 0) is 19.7 Å². The molecule has 0 spiro atoms. The Kier molecular flexibility index (Phi) is 3.52. The quantitative estimate of drug-likeness (QED) is 0.593. The smallest absolute Gasteiger partial charge is 0.0110 e. The second-order valence-corrected chi connectivity index (χ2v) is 3.14. The Hall–Kier alpha value is -0.410. The molecule has 0 aromatic heterocycles. The highest BCUT2D eigenvalue weighted by Crippen LogP contribution is 1.98. The molecule has 0 atom stereocenters. The van der Waals surface area contributed by atoms with E-state index < -0.39 is 0 Å². The van der Waals surface area contributed by atoms with E-state index in [0.717, 1.165) is 13.0 Å². The van der Waals surface area contributed by atoms with E-state index in [0.29, 0.717) is 0 Å². The number of likely N-dealkylation sites (N-methyl/N-ethyl adjacent to an activating group) is 1. The van der Waals surface area contributed by atoms with Crippen LogP contribution in [-0.4, -0.2) is 55.8 Å². The van der Waals surface area contributed by atoms with Gasteiger partial charge in [-0.15, -0.1) is 0 Å². The van der Waals surface area contributed by atoms with Gasteiger partial charge in [0.05, 0.1) is 0 Å². The molecule has 11 heavy (non-hydrogen) atoms. The van der Waals surface area contributed by atoms with E-state index in [4.69, 9.17) is 5.41 Å². The van der Waals surface area contributed by atoms with Gasteiger partial charge in [0.2, 0.25) is 0 Å². The molecule has 1 heterocycles. The first-order chi connectivity index (χ1) is 5.33. The third-order valence-corrected chi connectivity index (χ3v) is 2.19. The van der Waals surface area contributed by atoms with Crippen molar-refractivity contribution < 1.29 is 0 Å². The van der Waals surface area contributed by atoms with E-state index >= 15 is 0 Å². The minimum atomic E-state index is 0.906. The van der Waals surface area contributed by atoms with Gasteiger partial charge in [0.15, 0.2) is 0 Å². The molecule has 64 valence electrons. The summed E-state index contributed by atoms with van der Waals surface area (Å²) in [6.45, 7) is 5.77. The molecule has 3 nitrogen and oxygen atoms in total. The number of hydrogen-bond acceptors (Lipinski definition) is 3. The number of rotatable bonds is 3. The summed E-state index contributed by atoms with van der Waals surface area (Å²) in [6, 6.07) is 0. The molecule has 0 unspecified atom stereocenters. The first-order valence-electron chi connectivity index (χ1n) is 4.23. The van der Waals surface area contributed by atoms with Crippen molar-refractivity contribution in [3.63, 3.8) is 0 Å². The lowest BCUT2D eigenvalue weighted by molar-refractivity contribution is 0.157. The van der Waals surface area contributed by atoms with E-state index in [1.54, 1.807) is 0 Å². The van der Waals surface area contributed by atoms with Crippen molar-refractivity contribution in [2.24, 2.45) is 0 Å². The van der Waals surface area contributed by atoms with Crippen molar-refractivity contribution in [3.8, 4) is 0 Å². The predicted octanol–water partition coefficient (Wildman–Crippen LogP) is 0.273. The fourth-order valence-corrected chi connectivity index (χ4v) is 1.32. The van der Waals surface area contributed by atoms with Crippen molar-refractivity contribution in [3.05, 3.63) is 0 Å². The van der Waals surface area contributed by atoms with Gasteiger partial charge in [-0.25, -0.2) is 0 Å². The van der Waals surface area contributed by atoms with Crippen molar-refractivity contribution in [2.75, 3.05) is 39.8 Å². The SMILES string of the molecule is CN1CCN(CCC=N)CC1. The average Bonchev–Trinajstić information content (AvgIpc) is 2.04. The maximum atomic E-state index is 6.90. The zero-order valence-electron chi connectivity index (χ0n) is 7.21. The van der Waals surface area contributed by atoms with Crippen LogP contribution in [0, 0.1) is 5.41 Å².